The predicted molar refractivity (Wildman–Crippen MR) is 71.0 cm³/mol. The van der Waals surface area contributed by atoms with Crippen molar-refractivity contribution in [3.8, 4) is 0 Å². The van der Waals surface area contributed by atoms with Crippen molar-refractivity contribution < 1.29 is 9.53 Å². The van der Waals surface area contributed by atoms with Crippen molar-refractivity contribution in [1.29, 1.82) is 0 Å². The highest BCUT2D eigenvalue weighted by molar-refractivity contribution is 9.10. The molecule has 0 bridgehead atoms. The third-order valence-electron chi connectivity index (χ3n) is 3.03. The lowest BCUT2D eigenvalue weighted by atomic mass is 10.1. The standard InChI is InChI=1S/C13H16BrNO2/c1-8-7-10(5-6-11(8)14)15-12(9-3-4-9)13(16)17-2/h5-7,9,12,15H,3-4H2,1-2H3. The van der Waals surface area contributed by atoms with E-state index in [-0.39, 0.29) is 12.0 Å². The Morgan fingerprint density at radius 1 is 1.53 bits per heavy atom. The summed E-state index contributed by atoms with van der Waals surface area (Å²) in [5.41, 5.74) is 2.11. The highest BCUT2D eigenvalue weighted by Crippen LogP contribution is 2.35. The number of carbonyl (C=O) groups excluding carboxylic acids is 1. The van der Waals surface area contributed by atoms with Crippen LogP contribution in [0.5, 0.6) is 0 Å². The zero-order valence-electron chi connectivity index (χ0n) is 10.00. The fourth-order valence-electron chi connectivity index (χ4n) is 1.84. The molecule has 0 aromatic heterocycles. The van der Waals surface area contributed by atoms with E-state index in [9.17, 15) is 4.79 Å². The first kappa shape index (κ1) is 12.4. The number of hydrogen-bond acceptors (Lipinski definition) is 3. The van der Waals surface area contributed by atoms with Crippen molar-refractivity contribution in [2.75, 3.05) is 12.4 Å². The number of esters is 1. The molecule has 1 fully saturated rings. The maximum atomic E-state index is 11.7. The molecular formula is C13H16BrNO2. The molecule has 0 amide bonds. The van der Waals surface area contributed by atoms with E-state index in [4.69, 9.17) is 4.74 Å². The molecule has 1 aromatic rings. The van der Waals surface area contributed by atoms with Gasteiger partial charge in [-0.3, -0.25) is 0 Å². The molecule has 0 heterocycles. The highest BCUT2D eigenvalue weighted by atomic mass is 79.9. The van der Waals surface area contributed by atoms with Crippen LogP contribution in [0, 0.1) is 12.8 Å². The largest absolute Gasteiger partial charge is 0.467 e. The Bertz CT molecular complexity index is 429. The molecule has 1 saturated carbocycles. The smallest absolute Gasteiger partial charge is 0.328 e. The number of rotatable bonds is 4. The molecule has 1 aliphatic carbocycles. The first-order chi connectivity index (χ1) is 8.11. The van der Waals surface area contributed by atoms with E-state index >= 15 is 0 Å². The zero-order valence-corrected chi connectivity index (χ0v) is 11.6. The molecule has 1 aromatic carbocycles. The molecule has 0 spiro atoms. The third-order valence-corrected chi connectivity index (χ3v) is 3.92. The number of methoxy groups -OCH3 is 1. The van der Waals surface area contributed by atoms with Gasteiger partial charge in [0.2, 0.25) is 0 Å². The summed E-state index contributed by atoms with van der Waals surface area (Å²) in [7, 11) is 1.44. The van der Waals surface area contributed by atoms with E-state index < -0.39 is 0 Å². The molecule has 0 aliphatic heterocycles. The second kappa shape index (κ2) is 5.08. The van der Waals surface area contributed by atoms with Gasteiger partial charge in [0.15, 0.2) is 0 Å². The number of halogens is 1. The van der Waals surface area contributed by atoms with Crippen LogP contribution in [0.15, 0.2) is 22.7 Å². The second-order valence-corrected chi connectivity index (χ2v) is 5.30. The molecule has 1 aliphatic rings. The molecule has 1 N–H and O–H groups in total. The topological polar surface area (TPSA) is 38.3 Å². The Balaban J connectivity index is 2.11. The van der Waals surface area contributed by atoms with Gasteiger partial charge in [-0.25, -0.2) is 4.79 Å². The molecule has 1 atom stereocenters. The summed E-state index contributed by atoms with van der Waals surface area (Å²) < 4.78 is 5.90. The maximum Gasteiger partial charge on any atom is 0.328 e. The van der Waals surface area contributed by atoms with Crippen molar-refractivity contribution in [2.24, 2.45) is 5.92 Å². The predicted octanol–water partition coefficient (Wildman–Crippen LogP) is 3.12. The van der Waals surface area contributed by atoms with Crippen molar-refractivity contribution in [3.05, 3.63) is 28.2 Å². The van der Waals surface area contributed by atoms with Gasteiger partial charge < -0.3 is 10.1 Å². The van der Waals surface area contributed by atoms with Crippen molar-refractivity contribution in [2.45, 2.75) is 25.8 Å². The number of nitrogens with one attached hydrogen (secondary N) is 1. The van der Waals surface area contributed by atoms with Crippen LogP contribution in [-0.2, 0) is 9.53 Å². The SMILES string of the molecule is COC(=O)C(Nc1ccc(Br)c(C)c1)C1CC1. The van der Waals surface area contributed by atoms with E-state index in [1.54, 1.807) is 0 Å². The molecule has 0 radical (unpaired) electrons. The van der Waals surface area contributed by atoms with Crippen molar-refractivity contribution in [1.82, 2.24) is 0 Å². The summed E-state index contributed by atoms with van der Waals surface area (Å²) in [5.74, 6) is 0.250. The van der Waals surface area contributed by atoms with Gasteiger partial charge in [-0.2, -0.15) is 0 Å². The van der Waals surface area contributed by atoms with E-state index in [2.05, 4.69) is 21.2 Å². The van der Waals surface area contributed by atoms with Gasteiger partial charge in [0.05, 0.1) is 7.11 Å². The van der Waals surface area contributed by atoms with E-state index in [0.29, 0.717) is 5.92 Å². The van der Waals surface area contributed by atoms with Crippen LogP contribution in [0.25, 0.3) is 0 Å². The lowest BCUT2D eigenvalue weighted by molar-refractivity contribution is -0.142. The highest BCUT2D eigenvalue weighted by Gasteiger charge is 2.36. The minimum atomic E-state index is -0.208. The fraction of sp³-hybridized carbons (Fsp3) is 0.462. The van der Waals surface area contributed by atoms with Crippen molar-refractivity contribution >= 4 is 27.6 Å². The Morgan fingerprint density at radius 2 is 2.24 bits per heavy atom. The van der Waals surface area contributed by atoms with Gasteiger partial charge in [-0.1, -0.05) is 15.9 Å². The van der Waals surface area contributed by atoms with Gasteiger partial charge in [-0.15, -0.1) is 0 Å². The quantitative estimate of drug-likeness (QED) is 0.868. The molecule has 1 unspecified atom stereocenters. The maximum absolute atomic E-state index is 11.7. The monoisotopic (exact) mass is 297 g/mol. The van der Waals surface area contributed by atoms with Crippen LogP contribution < -0.4 is 5.32 Å². The lowest BCUT2D eigenvalue weighted by Crippen LogP contribution is -2.32. The third kappa shape index (κ3) is 3.00. The minimum Gasteiger partial charge on any atom is -0.467 e. The summed E-state index contributed by atoms with van der Waals surface area (Å²) in [5, 5.41) is 3.26. The molecular weight excluding hydrogens is 282 g/mol. The second-order valence-electron chi connectivity index (χ2n) is 4.45. The van der Waals surface area contributed by atoms with Crippen LogP contribution in [0.4, 0.5) is 5.69 Å². The van der Waals surface area contributed by atoms with Crippen LogP contribution in [0.2, 0.25) is 0 Å². The lowest BCUT2D eigenvalue weighted by Gasteiger charge is -2.17. The van der Waals surface area contributed by atoms with Gasteiger partial charge in [0.25, 0.3) is 0 Å². The molecule has 3 nitrogen and oxygen atoms in total. The molecule has 4 heteroatoms. The Labute approximate surface area is 110 Å². The van der Waals surface area contributed by atoms with Crippen LogP contribution in [0.1, 0.15) is 18.4 Å². The average Bonchev–Trinajstić information content (AvgIpc) is 3.13. The number of hydrogen-bond donors (Lipinski definition) is 1. The van der Waals surface area contributed by atoms with Gasteiger partial charge in [0.1, 0.15) is 6.04 Å². The molecule has 0 saturated heterocycles. The Morgan fingerprint density at radius 3 is 2.76 bits per heavy atom. The Kier molecular flexibility index (Phi) is 3.72. The average molecular weight is 298 g/mol. The summed E-state index contributed by atoms with van der Waals surface area (Å²) in [6.45, 7) is 2.03. The summed E-state index contributed by atoms with van der Waals surface area (Å²) >= 11 is 3.46. The number of anilines is 1. The fourth-order valence-corrected chi connectivity index (χ4v) is 2.09. The van der Waals surface area contributed by atoms with Crippen LogP contribution >= 0.6 is 15.9 Å². The van der Waals surface area contributed by atoms with Gasteiger partial charge >= 0.3 is 5.97 Å². The zero-order chi connectivity index (χ0) is 12.4. The minimum absolute atomic E-state index is 0.173. The number of benzene rings is 1. The number of aryl methyl sites for hydroxylation is 1. The number of carbonyl (C=O) groups is 1. The molecule has 17 heavy (non-hydrogen) atoms. The summed E-state index contributed by atoms with van der Waals surface area (Å²) in [4.78, 5) is 11.7. The van der Waals surface area contributed by atoms with Crippen molar-refractivity contribution in [3.63, 3.8) is 0 Å². The number of ether oxygens (including phenoxy) is 1. The Hall–Kier alpha value is -1.03. The van der Waals surface area contributed by atoms with Crippen LogP contribution in [0.3, 0.4) is 0 Å². The normalized spacial score (nSPS) is 16.4. The molecule has 2 rings (SSSR count). The van der Waals surface area contributed by atoms with Gasteiger partial charge in [0, 0.05) is 10.2 Å². The van der Waals surface area contributed by atoms with Crippen LogP contribution in [-0.4, -0.2) is 19.1 Å². The summed E-state index contributed by atoms with van der Waals surface area (Å²) in [6.07, 6.45) is 2.20. The van der Waals surface area contributed by atoms with E-state index in [1.165, 1.54) is 7.11 Å². The first-order valence-corrected chi connectivity index (χ1v) is 6.51. The molecule has 92 valence electrons. The van der Waals surface area contributed by atoms with E-state index in [0.717, 1.165) is 28.6 Å². The van der Waals surface area contributed by atoms with Gasteiger partial charge in [-0.05, 0) is 49.4 Å². The van der Waals surface area contributed by atoms with E-state index in [1.807, 2.05) is 25.1 Å². The summed E-state index contributed by atoms with van der Waals surface area (Å²) in [6, 6.07) is 5.78. The first-order valence-electron chi connectivity index (χ1n) is 5.72.